The van der Waals surface area contributed by atoms with Gasteiger partial charge in [-0.05, 0) is 92.9 Å². The molecular formula is C31H36N2O2. The topological polar surface area (TPSA) is 66.0 Å². The summed E-state index contributed by atoms with van der Waals surface area (Å²) in [6.07, 6.45) is 14.3. The van der Waals surface area contributed by atoms with Crippen molar-refractivity contribution >= 4 is 0 Å². The summed E-state index contributed by atoms with van der Waals surface area (Å²) in [7, 11) is 0. The quantitative estimate of drug-likeness (QED) is 0.389. The van der Waals surface area contributed by atoms with E-state index in [9.17, 15) is 10.5 Å². The van der Waals surface area contributed by atoms with Crippen molar-refractivity contribution in [2.24, 2.45) is 10.8 Å². The molecule has 2 atom stereocenters. The minimum Gasteiger partial charge on any atom is -0.388 e. The van der Waals surface area contributed by atoms with Crippen LogP contribution < -0.4 is 9.47 Å². The molecule has 4 nitrogen and oxygen atoms in total. The minimum atomic E-state index is -0.0609. The van der Waals surface area contributed by atoms with E-state index in [2.05, 4.69) is 52.0 Å². The monoisotopic (exact) mass is 468 g/mol. The SMILES string of the molecule is CCCC12CC3(CC)CC(c4ccc(C)cc4OC#N)(C1)CC(c1ccc(C)cc1OC#N)(C3)C2. The van der Waals surface area contributed by atoms with Crippen LogP contribution in [0.15, 0.2) is 36.4 Å². The summed E-state index contributed by atoms with van der Waals surface area (Å²) in [5.41, 5.74) is 4.95. The molecule has 0 heterocycles. The molecule has 4 aliphatic carbocycles. The van der Waals surface area contributed by atoms with Crippen LogP contribution in [0, 0.1) is 47.7 Å². The Morgan fingerprint density at radius 2 is 1.20 bits per heavy atom. The number of benzene rings is 2. The summed E-state index contributed by atoms with van der Waals surface area (Å²) >= 11 is 0. The third kappa shape index (κ3) is 3.70. The van der Waals surface area contributed by atoms with Gasteiger partial charge in [-0.2, -0.15) is 0 Å². The van der Waals surface area contributed by atoms with E-state index < -0.39 is 0 Å². The first-order chi connectivity index (χ1) is 16.8. The second-order valence-corrected chi connectivity index (χ2v) is 12.1. The van der Waals surface area contributed by atoms with Gasteiger partial charge in [0.25, 0.3) is 12.5 Å². The van der Waals surface area contributed by atoms with E-state index >= 15 is 0 Å². The van der Waals surface area contributed by atoms with Crippen LogP contribution in [0.5, 0.6) is 11.5 Å². The molecule has 4 heteroatoms. The molecule has 4 aliphatic rings. The minimum absolute atomic E-state index is 0.0609. The van der Waals surface area contributed by atoms with E-state index in [0.717, 1.165) is 67.6 Å². The van der Waals surface area contributed by atoms with Gasteiger partial charge in [0.2, 0.25) is 0 Å². The highest BCUT2D eigenvalue weighted by atomic mass is 16.5. The summed E-state index contributed by atoms with van der Waals surface area (Å²) < 4.78 is 11.2. The van der Waals surface area contributed by atoms with E-state index in [0.29, 0.717) is 0 Å². The van der Waals surface area contributed by atoms with Crippen LogP contribution in [0.4, 0.5) is 0 Å². The van der Waals surface area contributed by atoms with Crippen molar-refractivity contribution in [3.8, 4) is 24.0 Å². The Balaban J connectivity index is 1.76. The average molecular weight is 469 g/mol. The fraction of sp³-hybridized carbons (Fsp3) is 0.548. The zero-order chi connectivity index (χ0) is 24.9. The van der Waals surface area contributed by atoms with Gasteiger partial charge in [-0.15, -0.1) is 10.5 Å². The maximum Gasteiger partial charge on any atom is 0.292 e. The Hall–Kier alpha value is -2.98. The summed E-state index contributed by atoms with van der Waals surface area (Å²) in [5.74, 6) is 1.44. The van der Waals surface area contributed by atoms with Crippen molar-refractivity contribution in [2.45, 2.75) is 96.3 Å². The fourth-order valence-corrected chi connectivity index (χ4v) is 9.21. The highest BCUT2D eigenvalue weighted by Gasteiger charge is 2.68. The Morgan fingerprint density at radius 1 is 0.714 bits per heavy atom. The van der Waals surface area contributed by atoms with Gasteiger partial charge in [-0.3, -0.25) is 0 Å². The number of nitriles is 2. The second-order valence-electron chi connectivity index (χ2n) is 12.1. The molecule has 0 amide bonds. The molecule has 0 spiro atoms. The molecule has 2 unspecified atom stereocenters. The molecule has 4 fully saturated rings. The third-order valence-electron chi connectivity index (χ3n) is 9.54. The van der Waals surface area contributed by atoms with Crippen molar-refractivity contribution in [1.29, 1.82) is 10.5 Å². The first-order valence-corrected chi connectivity index (χ1v) is 13.1. The van der Waals surface area contributed by atoms with E-state index in [1.165, 1.54) is 24.0 Å². The standard InChI is InChI=1S/C31H36N2O2/c1-5-11-29-14-28(6-2)15-30(17-29,24-9-7-22(3)12-26(24)34-20-32)19-31(16-28,18-29)25-10-8-23(4)13-27(25)35-21-33/h7-10,12-13H,5-6,11,14-19H2,1-4H3. The van der Waals surface area contributed by atoms with E-state index in [1.807, 2.05) is 24.6 Å². The highest BCUT2D eigenvalue weighted by Crippen LogP contribution is 2.76. The predicted octanol–water partition coefficient (Wildman–Crippen LogP) is 7.76. The molecule has 2 aromatic rings. The molecule has 6 rings (SSSR count). The molecule has 0 saturated heterocycles. The molecule has 4 bridgehead atoms. The van der Waals surface area contributed by atoms with Gasteiger partial charge in [0.15, 0.2) is 0 Å². The largest absolute Gasteiger partial charge is 0.388 e. The Labute approximate surface area is 209 Å². The molecule has 0 N–H and O–H groups in total. The van der Waals surface area contributed by atoms with Crippen LogP contribution in [-0.4, -0.2) is 0 Å². The third-order valence-corrected chi connectivity index (χ3v) is 9.54. The van der Waals surface area contributed by atoms with Crippen LogP contribution >= 0.6 is 0 Å². The summed E-state index contributed by atoms with van der Waals surface area (Å²) in [5, 5.41) is 19.0. The van der Waals surface area contributed by atoms with Crippen LogP contribution in [0.25, 0.3) is 0 Å². The number of rotatable bonds is 7. The Morgan fingerprint density at radius 3 is 1.63 bits per heavy atom. The Bertz CT molecular complexity index is 1150. The zero-order valence-corrected chi connectivity index (χ0v) is 21.5. The van der Waals surface area contributed by atoms with Crippen LogP contribution in [0.2, 0.25) is 0 Å². The maximum atomic E-state index is 9.48. The molecular weight excluding hydrogens is 432 g/mol. The molecule has 0 aromatic heterocycles. The molecule has 0 aliphatic heterocycles. The molecule has 0 radical (unpaired) electrons. The van der Waals surface area contributed by atoms with E-state index in [1.54, 1.807) is 0 Å². The number of nitrogens with zero attached hydrogens (tertiary/aromatic N) is 2. The lowest BCUT2D eigenvalue weighted by Crippen LogP contribution is -2.64. The lowest BCUT2D eigenvalue weighted by atomic mass is 9.32. The van der Waals surface area contributed by atoms with Crippen molar-refractivity contribution < 1.29 is 9.47 Å². The number of hydrogen-bond acceptors (Lipinski definition) is 4. The van der Waals surface area contributed by atoms with Crippen molar-refractivity contribution in [2.75, 3.05) is 0 Å². The summed E-state index contributed by atoms with van der Waals surface area (Å²) in [6.45, 7) is 8.78. The van der Waals surface area contributed by atoms with Crippen molar-refractivity contribution in [3.05, 3.63) is 58.7 Å². The van der Waals surface area contributed by atoms with Crippen molar-refractivity contribution in [1.82, 2.24) is 0 Å². The lowest BCUT2D eigenvalue weighted by Gasteiger charge is -2.71. The van der Waals surface area contributed by atoms with E-state index in [4.69, 9.17) is 9.47 Å². The molecule has 182 valence electrons. The first-order valence-electron chi connectivity index (χ1n) is 13.1. The van der Waals surface area contributed by atoms with Crippen LogP contribution in [-0.2, 0) is 10.8 Å². The van der Waals surface area contributed by atoms with Gasteiger partial charge >= 0.3 is 0 Å². The van der Waals surface area contributed by atoms with E-state index in [-0.39, 0.29) is 21.7 Å². The smallest absolute Gasteiger partial charge is 0.292 e. The highest BCUT2D eigenvalue weighted by molar-refractivity contribution is 5.51. The maximum absolute atomic E-state index is 9.48. The first kappa shape index (κ1) is 23.7. The summed E-state index contributed by atoms with van der Waals surface area (Å²) in [4.78, 5) is 0. The molecule has 2 aromatic carbocycles. The average Bonchev–Trinajstić information content (AvgIpc) is 2.78. The van der Waals surface area contributed by atoms with Gasteiger partial charge in [0.1, 0.15) is 11.5 Å². The fourth-order valence-electron chi connectivity index (χ4n) is 9.21. The van der Waals surface area contributed by atoms with Crippen LogP contribution in [0.3, 0.4) is 0 Å². The van der Waals surface area contributed by atoms with Gasteiger partial charge < -0.3 is 9.47 Å². The van der Waals surface area contributed by atoms with Gasteiger partial charge in [-0.25, -0.2) is 0 Å². The Kier molecular flexibility index (Phi) is 5.63. The predicted molar refractivity (Wildman–Crippen MR) is 136 cm³/mol. The number of ether oxygens (including phenoxy) is 2. The molecule has 4 saturated carbocycles. The number of hydrogen-bond donors (Lipinski definition) is 0. The van der Waals surface area contributed by atoms with Gasteiger partial charge in [0, 0.05) is 22.0 Å². The van der Waals surface area contributed by atoms with Gasteiger partial charge in [-0.1, -0.05) is 51.0 Å². The molecule has 35 heavy (non-hydrogen) atoms. The zero-order valence-electron chi connectivity index (χ0n) is 21.5. The normalized spacial score (nSPS) is 32.6. The second kappa shape index (κ2) is 8.30. The lowest BCUT2D eigenvalue weighted by molar-refractivity contribution is -0.147. The van der Waals surface area contributed by atoms with Crippen molar-refractivity contribution in [3.63, 3.8) is 0 Å². The van der Waals surface area contributed by atoms with Gasteiger partial charge in [0.05, 0.1) is 0 Å². The van der Waals surface area contributed by atoms with Crippen LogP contribution in [0.1, 0.15) is 93.9 Å². The summed E-state index contributed by atoms with van der Waals surface area (Å²) in [6, 6.07) is 12.9. The number of aryl methyl sites for hydroxylation is 2.